The van der Waals surface area contributed by atoms with Crippen molar-refractivity contribution in [2.45, 2.75) is 25.3 Å². The molecule has 0 aliphatic heterocycles. The number of benzene rings is 1. The largest absolute Gasteiger partial charge is 0.399 e. The zero-order valence-electron chi connectivity index (χ0n) is 10.5. The van der Waals surface area contributed by atoms with E-state index in [0.717, 1.165) is 12.8 Å². The minimum Gasteiger partial charge on any atom is -0.399 e. The van der Waals surface area contributed by atoms with Gasteiger partial charge in [0, 0.05) is 17.9 Å². The molecule has 0 unspecified atom stereocenters. The summed E-state index contributed by atoms with van der Waals surface area (Å²) < 4.78 is 0. The predicted octanol–water partition coefficient (Wildman–Crippen LogP) is 0.955. The first-order valence-corrected chi connectivity index (χ1v) is 6.17. The van der Waals surface area contributed by atoms with Crippen molar-refractivity contribution < 1.29 is 9.90 Å². The molecular formula is C13H19N3O2. The van der Waals surface area contributed by atoms with Gasteiger partial charge < -0.3 is 21.5 Å². The van der Waals surface area contributed by atoms with Crippen LogP contribution < -0.4 is 16.4 Å². The number of nitrogen functional groups attached to an aromatic ring is 1. The van der Waals surface area contributed by atoms with E-state index >= 15 is 0 Å². The van der Waals surface area contributed by atoms with Gasteiger partial charge in [-0.2, -0.15) is 0 Å². The molecule has 1 aliphatic rings. The van der Waals surface area contributed by atoms with Crippen LogP contribution in [0.2, 0.25) is 0 Å². The molecule has 1 aromatic carbocycles. The first-order valence-electron chi connectivity index (χ1n) is 6.17. The lowest BCUT2D eigenvalue weighted by Gasteiger charge is -2.19. The molecule has 5 heteroatoms. The Morgan fingerprint density at radius 1 is 1.50 bits per heavy atom. The Morgan fingerprint density at radius 2 is 2.22 bits per heavy atom. The molecule has 1 amide bonds. The predicted molar refractivity (Wildman–Crippen MR) is 71.5 cm³/mol. The summed E-state index contributed by atoms with van der Waals surface area (Å²) >= 11 is 0. The molecule has 5 N–H and O–H groups in total. The number of carbonyl (C=O) groups excluding carboxylic acids is 1. The number of hydrogen-bond donors (Lipinski definition) is 4. The highest BCUT2D eigenvalue weighted by atomic mass is 16.3. The van der Waals surface area contributed by atoms with Crippen LogP contribution in [0.3, 0.4) is 0 Å². The SMILES string of the molecule is CCNC(=O)c1ccc(N)cc1NC1(CO)CC1. The van der Waals surface area contributed by atoms with E-state index < -0.39 is 0 Å². The van der Waals surface area contributed by atoms with Crippen molar-refractivity contribution >= 4 is 17.3 Å². The number of anilines is 2. The number of aliphatic hydroxyl groups is 1. The number of carbonyl (C=O) groups is 1. The molecule has 5 nitrogen and oxygen atoms in total. The highest BCUT2D eigenvalue weighted by Gasteiger charge is 2.42. The van der Waals surface area contributed by atoms with E-state index in [1.54, 1.807) is 18.2 Å². The molecule has 0 radical (unpaired) electrons. The van der Waals surface area contributed by atoms with Gasteiger partial charge in [-0.1, -0.05) is 0 Å². The molecule has 2 rings (SSSR count). The second-order valence-electron chi connectivity index (χ2n) is 4.73. The monoisotopic (exact) mass is 249 g/mol. The maximum Gasteiger partial charge on any atom is 0.253 e. The third-order valence-electron chi connectivity index (χ3n) is 3.18. The van der Waals surface area contributed by atoms with Crippen LogP contribution in [0.25, 0.3) is 0 Å². The molecule has 1 fully saturated rings. The summed E-state index contributed by atoms with van der Waals surface area (Å²) in [4.78, 5) is 11.9. The zero-order chi connectivity index (χ0) is 13.2. The standard InChI is InChI=1S/C13H19N3O2/c1-2-15-12(18)10-4-3-9(14)7-11(10)16-13(8-17)5-6-13/h3-4,7,16-17H,2,5-6,8,14H2,1H3,(H,15,18). The third-order valence-corrected chi connectivity index (χ3v) is 3.18. The maximum absolute atomic E-state index is 11.9. The smallest absolute Gasteiger partial charge is 0.253 e. The van der Waals surface area contributed by atoms with Gasteiger partial charge in [-0.15, -0.1) is 0 Å². The molecule has 0 atom stereocenters. The van der Waals surface area contributed by atoms with Gasteiger partial charge in [-0.05, 0) is 38.0 Å². The van der Waals surface area contributed by atoms with Crippen LogP contribution in [0, 0.1) is 0 Å². The van der Waals surface area contributed by atoms with Crippen molar-refractivity contribution in [2.75, 3.05) is 24.2 Å². The van der Waals surface area contributed by atoms with Gasteiger partial charge in [0.1, 0.15) is 0 Å². The van der Waals surface area contributed by atoms with E-state index in [1.165, 1.54) is 0 Å². The second-order valence-corrected chi connectivity index (χ2v) is 4.73. The summed E-state index contributed by atoms with van der Waals surface area (Å²) in [6, 6.07) is 5.14. The summed E-state index contributed by atoms with van der Waals surface area (Å²) in [5.74, 6) is -0.131. The Kier molecular flexibility index (Phi) is 3.43. The Balaban J connectivity index is 2.26. The topological polar surface area (TPSA) is 87.4 Å². The van der Waals surface area contributed by atoms with Gasteiger partial charge >= 0.3 is 0 Å². The summed E-state index contributed by atoms with van der Waals surface area (Å²) in [6.45, 7) is 2.52. The lowest BCUT2D eigenvalue weighted by Crippen LogP contribution is -2.29. The van der Waals surface area contributed by atoms with Crippen molar-refractivity contribution in [3.05, 3.63) is 23.8 Å². The normalized spacial score (nSPS) is 16.1. The lowest BCUT2D eigenvalue weighted by molar-refractivity contribution is 0.0956. The molecule has 1 aliphatic carbocycles. The van der Waals surface area contributed by atoms with Crippen molar-refractivity contribution in [1.82, 2.24) is 5.32 Å². The van der Waals surface area contributed by atoms with Gasteiger partial charge in [-0.3, -0.25) is 4.79 Å². The quantitative estimate of drug-likeness (QED) is 0.585. The molecule has 0 bridgehead atoms. The minimum absolute atomic E-state index is 0.0661. The molecule has 18 heavy (non-hydrogen) atoms. The van der Waals surface area contributed by atoms with E-state index in [4.69, 9.17) is 5.73 Å². The second kappa shape index (κ2) is 4.86. The van der Waals surface area contributed by atoms with Crippen LogP contribution >= 0.6 is 0 Å². The molecule has 0 heterocycles. The van der Waals surface area contributed by atoms with E-state index in [9.17, 15) is 9.90 Å². The van der Waals surface area contributed by atoms with Crippen LogP contribution in [0.1, 0.15) is 30.1 Å². The van der Waals surface area contributed by atoms with Crippen LogP contribution in [-0.4, -0.2) is 29.7 Å². The Labute approximate surface area is 106 Å². The Bertz CT molecular complexity index is 456. The number of amides is 1. The first-order chi connectivity index (χ1) is 8.60. The molecule has 98 valence electrons. The molecule has 0 aromatic heterocycles. The summed E-state index contributed by atoms with van der Waals surface area (Å²) in [7, 11) is 0. The Hall–Kier alpha value is -1.75. The third kappa shape index (κ3) is 2.56. The van der Waals surface area contributed by atoms with Crippen molar-refractivity contribution in [1.29, 1.82) is 0 Å². The number of hydrogen-bond acceptors (Lipinski definition) is 4. The van der Waals surface area contributed by atoms with E-state index in [-0.39, 0.29) is 18.1 Å². The molecular weight excluding hydrogens is 230 g/mol. The highest BCUT2D eigenvalue weighted by molar-refractivity contribution is 6.00. The number of nitrogens with two attached hydrogens (primary N) is 1. The fraction of sp³-hybridized carbons (Fsp3) is 0.462. The average Bonchev–Trinajstić information content (AvgIpc) is 3.10. The molecule has 0 spiro atoms. The van der Waals surface area contributed by atoms with Crippen molar-refractivity contribution in [3.63, 3.8) is 0 Å². The maximum atomic E-state index is 11.9. The number of rotatable bonds is 5. The molecule has 1 aromatic rings. The van der Waals surface area contributed by atoms with Crippen molar-refractivity contribution in [3.8, 4) is 0 Å². The number of nitrogens with one attached hydrogen (secondary N) is 2. The molecule has 1 saturated carbocycles. The molecule has 0 saturated heterocycles. The van der Waals surface area contributed by atoms with E-state index in [0.29, 0.717) is 23.5 Å². The summed E-state index contributed by atoms with van der Waals surface area (Å²) in [5.41, 5.74) is 7.32. The fourth-order valence-electron chi connectivity index (χ4n) is 1.88. The van der Waals surface area contributed by atoms with Gasteiger partial charge in [-0.25, -0.2) is 0 Å². The minimum atomic E-state index is -0.269. The highest BCUT2D eigenvalue weighted by Crippen LogP contribution is 2.39. The fourth-order valence-corrected chi connectivity index (χ4v) is 1.88. The van der Waals surface area contributed by atoms with E-state index in [1.807, 2.05) is 6.92 Å². The van der Waals surface area contributed by atoms with E-state index in [2.05, 4.69) is 10.6 Å². The van der Waals surface area contributed by atoms with Crippen LogP contribution in [-0.2, 0) is 0 Å². The Morgan fingerprint density at radius 3 is 2.78 bits per heavy atom. The van der Waals surface area contributed by atoms with Gasteiger partial charge in [0.2, 0.25) is 0 Å². The zero-order valence-corrected chi connectivity index (χ0v) is 10.5. The van der Waals surface area contributed by atoms with Crippen LogP contribution in [0.5, 0.6) is 0 Å². The summed E-state index contributed by atoms with van der Waals surface area (Å²) in [5, 5.41) is 15.3. The lowest BCUT2D eigenvalue weighted by atomic mass is 10.1. The van der Waals surface area contributed by atoms with Crippen molar-refractivity contribution in [2.24, 2.45) is 0 Å². The number of aliphatic hydroxyl groups excluding tert-OH is 1. The first kappa shape index (κ1) is 12.7. The van der Waals surface area contributed by atoms with Crippen LogP contribution in [0.15, 0.2) is 18.2 Å². The van der Waals surface area contributed by atoms with Crippen LogP contribution in [0.4, 0.5) is 11.4 Å². The van der Waals surface area contributed by atoms with Gasteiger partial charge in [0.15, 0.2) is 0 Å². The van der Waals surface area contributed by atoms with Gasteiger partial charge in [0.25, 0.3) is 5.91 Å². The average molecular weight is 249 g/mol. The summed E-state index contributed by atoms with van der Waals surface area (Å²) in [6.07, 6.45) is 1.82. The van der Waals surface area contributed by atoms with Gasteiger partial charge in [0.05, 0.1) is 17.7 Å².